The van der Waals surface area contributed by atoms with Crippen LogP contribution in [0.2, 0.25) is 5.02 Å². The van der Waals surface area contributed by atoms with Gasteiger partial charge in [-0.2, -0.15) is 5.26 Å². The highest BCUT2D eigenvalue weighted by molar-refractivity contribution is 6.31. The van der Waals surface area contributed by atoms with Crippen molar-refractivity contribution in [2.24, 2.45) is 0 Å². The Hall–Kier alpha value is -3.34. The molecule has 2 aromatic carbocycles. The third-order valence-electron chi connectivity index (χ3n) is 8.64. The van der Waals surface area contributed by atoms with E-state index in [1.165, 1.54) is 0 Å². The smallest absolute Gasteiger partial charge is 0.238 e. The maximum Gasteiger partial charge on any atom is 0.238 e. The van der Waals surface area contributed by atoms with E-state index in [2.05, 4.69) is 59.9 Å². The van der Waals surface area contributed by atoms with Crippen LogP contribution in [0.1, 0.15) is 70.6 Å². The Morgan fingerprint density at radius 1 is 1.12 bits per heavy atom. The normalized spacial score (nSPS) is 16.7. The highest BCUT2D eigenvalue weighted by atomic mass is 35.5. The van der Waals surface area contributed by atoms with Crippen molar-refractivity contribution in [3.63, 3.8) is 0 Å². The SMILES string of the molecule is CC(=O)NC1CCN(C)CC1.CCC1(CC)C(=O)N(Cc2cc3cc(Cl)ccc3n2CCCC#N)c2ccccc21. The summed E-state index contributed by atoms with van der Waals surface area (Å²) in [4.78, 5) is 28.5. The van der Waals surface area contributed by atoms with Gasteiger partial charge < -0.3 is 19.7 Å². The number of fused-ring (bicyclic) bond motifs is 2. The van der Waals surface area contributed by atoms with Crippen LogP contribution in [0.25, 0.3) is 10.9 Å². The maximum atomic E-state index is 13.6. The van der Waals surface area contributed by atoms with Gasteiger partial charge in [0.2, 0.25) is 11.8 Å². The number of aryl methyl sites for hydroxylation is 1. The molecule has 1 fully saturated rings. The van der Waals surface area contributed by atoms with E-state index in [0.29, 0.717) is 24.0 Å². The van der Waals surface area contributed by atoms with Crippen LogP contribution in [-0.4, -0.2) is 47.5 Å². The highest BCUT2D eigenvalue weighted by Gasteiger charge is 2.48. The van der Waals surface area contributed by atoms with E-state index in [4.69, 9.17) is 16.9 Å². The first-order valence-electron chi connectivity index (χ1n) is 14.8. The van der Waals surface area contributed by atoms with Gasteiger partial charge in [0.15, 0.2) is 0 Å². The average molecular weight is 576 g/mol. The van der Waals surface area contributed by atoms with Crippen LogP contribution in [0.5, 0.6) is 0 Å². The van der Waals surface area contributed by atoms with E-state index in [1.54, 1.807) is 6.92 Å². The zero-order valence-corrected chi connectivity index (χ0v) is 25.5. The molecule has 0 spiro atoms. The number of piperidine rings is 1. The molecule has 2 amide bonds. The zero-order chi connectivity index (χ0) is 29.6. The van der Waals surface area contributed by atoms with Crippen LogP contribution < -0.4 is 10.2 Å². The standard InChI is InChI=1S/C25H26ClN3O.C8H16N2O/c1-3-25(4-2)21-9-5-6-10-23(21)29(24(25)30)17-20-16-18-15-19(26)11-12-22(18)28(20)14-8-7-13-27;1-7(11)9-8-3-5-10(2)6-4-8/h5-6,9-12,15-16H,3-4,7-8,14,17H2,1-2H3;8H,3-6H2,1-2H3,(H,9,11). The van der Waals surface area contributed by atoms with E-state index < -0.39 is 5.41 Å². The summed E-state index contributed by atoms with van der Waals surface area (Å²) in [5.74, 6) is 0.278. The average Bonchev–Trinajstić information content (AvgIpc) is 3.41. The number of anilines is 1. The van der Waals surface area contributed by atoms with Crippen molar-refractivity contribution in [1.29, 1.82) is 5.26 Å². The second-order valence-corrected chi connectivity index (χ2v) is 11.7. The number of carbonyl (C=O) groups is 2. The Labute approximate surface area is 249 Å². The molecule has 5 rings (SSSR count). The molecule has 1 N–H and O–H groups in total. The molecule has 1 saturated heterocycles. The first-order chi connectivity index (χ1) is 19.7. The minimum atomic E-state index is -0.447. The molecule has 3 heterocycles. The van der Waals surface area contributed by atoms with Crippen molar-refractivity contribution in [2.45, 2.75) is 83.8 Å². The Balaban J connectivity index is 0.000000296. The minimum absolute atomic E-state index is 0.0968. The maximum absolute atomic E-state index is 13.6. The molecule has 0 radical (unpaired) electrons. The lowest BCUT2D eigenvalue weighted by molar-refractivity contribution is -0.123. The molecule has 0 aliphatic carbocycles. The molecule has 218 valence electrons. The Morgan fingerprint density at radius 2 is 1.83 bits per heavy atom. The van der Waals surface area contributed by atoms with Crippen molar-refractivity contribution in [2.75, 3.05) is 25.0 Å². The third-order valence-corrected chi connectivity index (χ3v) is 8.87. The topological polar surface area (TPSA) is 81.4 Å². The molecule has 0 bridgehead atoms. The number of hydrogen-bond acceptors (Lipinski definition) is 4. The van der Waals surface area contributed by atoms with Gasteiger partial charge in [-0.1, -0.05) is 43.6 Å². The van der Waals surface area contributed by atoms with Gasteiger partial charge in [-0.3, -0.25) is 9.59 Å². The fourth-order valence-corrected chi connectivity index (χ4v) is 6.48. The summed E-state index contributed by atoms with van der Waals surface area (Å²) >= 11 is 6.23. The number of carbonyl (C=O) groups excluding carboxylic acids is 2. The summed E-state index contributed by atoms with van der Waals surface area (Å²) in [6, 6.07) is 18.8. The Bertz CT molecular complexity index is 1410. The number of aromatic nitrogens is 1. The second kappa shape index (κ2) is 13.5. The summed E-state index contributed by atoms with van der Waals surface area (Å²) in [6.45, 7) is 9.24. The first-order valence-corrected chi connectivity index (χ1v) is 15.1. The molecule has 41 heavy (non-hydrogen) atoms. The largest absolute Gasteiger partial charge is 0.354 e. The van der Waals surface area contributed by atoms with Crippen LogP contribution >= 0.6 is 11.6 Å². The number of halogens is 1. The number of benzene rings is 2. The predicted molar refractivity (Wildman–Crippen MR) is 166 cm³/mol. The molecule has 2 aliphatic rings. The van der Waals surface area contributed by atoms with Crippen LogP contribution in [-0.2, 0) is 28.1 Å². The summed E-state index contributed by atoms with van der Waals surface area (Å²) in [6.07, 6.45) is 5.04. The van der Waals surface area contributed by atoms with Gasteiger partial charge in [0.25, 0.3) is 0 Å². The number of nitrogens with one attached hydrogen (secondary N) is 1. The van der Waals surface area contributed by atoms with E-state index >= 15 is 0 Å². The lowest BCUT2D eigenvalue weighted by atomic mass is 9.77. The van der Waals surface area contributed by atoms with Crippen LogP contribution in [0.4, 0.5) is 5.69 Å². The number of nitrogens with zero attached hydrogens (tertiary/aromatic N) is 4. The van der Waals surface area contributed by atoms with Gasteiger partial charge in [0.1, 0.15) is 0 Å². The van der Waals surface area contributed by atoms with E-state index in [0.717, 1.165) is 79.6 Å². The molecular formula is C33H42ClN5O2. The van der Waals surface area contributed by atoms with Crippen LogP contribution in [0.3, 0.4) is 0 Å². The lowest BCUT2D eigenvalue weighted by Gasteiger charge is -2.29. The van der Waals surface area contributed by atoms with Crippen molar-refractivity contribution >= 4 is 40.0 Å². The molecule has 0 unspecified atom stereocenters. The van der Waals surface area contributed by atoms with Gasteiger partial charge in [0, 0.05) is 53.2 Å². The fourth-order valence-electron chi connectivity index (χ4n) is 6.30. The van der Waals surface area contributed by atoms with Crippen LogP contribution in [0.15, 0.2) is 48.5 Å². The minimum Gasteiger partial charge on any atom is -0.354 e. The molecular weight excluding hydrogens is 534 g/mol. The molecule has 0 atom stereocenters. The Kier molecular flexibility index (Phi) is 10.1. The second-order valence-electron chi connectivity index (χ2n) is 11.2. The number of amides is 2. The van der Waals surface area contributed by atoms with Crippen molar-refractivity contribution in [1.82, 2.24) is 14.8 Å². The first kappa shape index (κ1) is 30.6. The number of rotatable bonds is 8. The molecule has 0 saturated carbocycles. The number of likely N-dealkylation sites (tertiary alicyclic amines) is 1. The van der Waals surface area contributed by atoms with Crippen molar-refractivity contribution in [3.05, 3.63) is 64.8 Å². The quantitative estimate of drug-likeness (QED) is 0.314. The summed E-state index contributed by atoms with van der Waals surface area (Å²) in [5.41, 5.74) is 3.85. The summed E-state index contributed by atoms with van der Waals surface area (Å²) in [5, 5.41) is 13.7. The van der Waals surface area contributed by atoms with Crippen molar-refractivity contribution in [3.8, 4) is 6.07 Å². The van der Waals surface area contributed by atoms with E-state index in [9.17, 15) is 9.59 Å². The number of nitriles is 1. The molecule has 1 aromatic heterocycles. The summed E-state index contributed by atoms with van der Waals surface area (Å²) < 4.78 is 2.23. The van der Waals surface area contributed by atoms with Crippen molar-refractivity contribution < 1.29 is 9.59 Å². The van der Waals surface area contributed by atoms with Crippen LogP contribution in [0, 0.1) is 11.3 Å². The molecule has 7 nitrogen and oxygen atoms in total. The zero-order valence-electron chi connectivity index (χ0n) is 24.8. The number of unbranched alkanes of at least 4 members (excludes halogenated alkanes) is 1. The molecule has 2 aliphatic heterocycles. The Morgan fingerprint density at radius 3 is 2.49 bits per heavy atom. The van der Waals surface area contributed by atoms with Gasteiger partial charge in [0.05, 0.1) is 18.0 Å². The molecule has 3 aromatic rings. The fraction of sp³-hybridized carbons (Fsp3) is 0.485. The summed E-state index contributed by atoms with van der Waals surface area (Å²) in [7, 11) is 2.12. The number of hydrogen-bond donors (Lipinski definition) is 1. The van der Waals surface area contributed by atoms with Gasteiger partial charge in [-0.05, 0) is 88.1 Å². The lowest BCUT2D eigenvalue weighted by Crippen LogP contribution is -2.42. The number of para-hydroxylation sites is 1. The monoisotopic (exact) mass is 575 g/mol. The van der Waals surface area contributed by atoms with E-state index in [-0.39, 0.29) is 11.8 Å². The third kappa shape index (κ3) is 6.60. The molecule has 8 heteroatoms. The van der Waals surface area contributed by atoms with Gasteiger partial charge in [-0.15, -0.1) is 0 Å². The van der Waals surface area contributed by atoms with Gasteiger partial charge in [-0.25, -0.2) is 0 Å². The predicted octanol–water partition coefficient (Wildman–Crippen LogP) is 6.42. The highest BCUT2D eigenvalue weighted by Crippen LogP contribution is 2.46. The van der Waals surface area contributed by atoms with Gasteiger partial charge >= 0.3 is 0 Å². The van der Waals surface area contributed by atoms with E-state index in [1.807, 2.05) is 35.2 Å².